The van der Waals surface area contributed by atoms with Gasteiger partial charge in [-0.05, 0) is 99.6 Å². The Hall–Kier alpha value is -2.41. The van der Waals surface area contributed by atoms with Crippen LogP contribution in [0.2, 0.25) is 0 Å². The van der Waals surface area contributed by atoms with Gasteiger partial charge in [-0.1, -0.05) is 24.3 Å². The number of hydroxylamine groups is 1. The molecule has 1 amide bonds. The molecular formula is C26H35N3O3. The van der Waals surface area contributed by atoms with Crippen molar-refractivity contribution >= 4 is 5.91 Å². The molecule has 6 heteroatoms. The van der Waals surface area contributed by atoms with Crippen molar-refractivity contribution in [3.63, 3.8) is 0 Å². The number of piperidine rings is 1. The predicted octanol–water partition coefficient (Wildman–Crippen LogP) is 3.60. The molecule has 0 bridgehead atoms. The van der Waals surface area contributed by atoms with E-state index in [1.54, 1.807) is 24.7 Å². The first-order valence-corrected chi connectivity index (χ1v) is 11.8. The van der Waals surface area contributed by atoms with Crippen molar-refractivity contribution in [3.05, 3.63) is 65.2 Å². The molecule has 32 heavy (non-hydrogen) atoms. The Balaban J connectivity index is 1.09. The fourth-order valence-corrected chi connectivity index (χ4v) is 4.77. The summed E-state index contributed by atoms with van der Waals surface area (Å²) in [5.74, 6) is 1.91. The van der Waals surface area contributed by atoms with E-state index in [2.05, 4.69) is 34.5 Å². The van der Waals surface area contributed by atoms with E-state index in [9.17, 15) is 4.79 Å². The number of hydrogen-bond acceptors (Lipinski definition) is 5. The van der Waals surface area contributed by atoms with E-state index in [1.807, 2.05) is 12.1 Å². The average molecular weight is 438 g/mol. The zero-order valence-corrected chi connectivity index (χ0v) is 18.9. The van der Waals surface area contributed by atoms with Gasteiger partial charge in [-0.25, -0.2) is 5.48 Å². The van der Waals surface area contributed by atoms with Crippen molar-refractivity contribution in [2.45, 2.75) is 44.1 Å². The van der Waals surface area contributed by atoms with E-state index in [0.717, 1.165) is 37.6 Å². The van der Waals surface area contributed by atoms with Crippen LogP contribution in [0.5, 0.6) is 5.75 Å². The summed E-state index contributed by atoms with van der Waals surface area (Å²) in [6, 6.07) is 16.6. The number of carbonyl (C=O) groups is 1. The number of hydrogen-bond donors (Lipinski definition) is 3. The number of benzene rings is 2. The number of nitrogens with zero attached hydrogens (tertiary/aromatic N) is 1. The monoisotopic (exact) mass is 437 g/mol. The molecule has 6 nitrogen and oxygen atoms in total. The molecule has 172 valence electrons. The van der Waals surface area contributed by atoms with Crippen molar-refractivity contribution in [1.82, 2.24) is 15.7 Å². The van der Waals surface area contributed by atoms with Gasteiger partial charge in [0, 0.05) is 17.5 Å². The summed E-state index contributed by atoms with van der Waals surface area (Å²) in [4.78, 5) is 14.0. The number of likely N-dealkylation sites (tertiary alicyclic amines) is 1. The van der Waals surface area contributed by atoms with Crippen molar-refractivity contribution in [1.29, 1.82) is 0 Å². The van der Waals surface area contributed by atoms with Crippen molar-refractivity contribution < 1.29 is 14.7 Å². The number of amides is 1. The molecule has 2 aromatic carbocycles. The molecule has 1 aliphatic heterocycles. The lowest BCUT2D eigenvalue weighted by Gasteiger charge is -2.32. The summed E-state index contributed by atoms with van der Waals surface area (Å²) >= 11 is 0. The molecule has 0 radical (unpaired) electrons. The van der Waals surface area contributed by atoms with Gasteiger partial charge in [-0.15, -0.1) is 0 Å². The molecule has 2 atom stereocenters. The van der Waals surface area contributed by atoms with E-state index < -0.39 is 5.91 Å². The second kappa shape index (κ2) is 10.9. The lowest BCUT2D eigenvalue weighted by Crippen LogP contribution is -2.38. The van der Waals surface area contributed by atoms with Crippen LogP contribution in [0.1, 0.15) is 53.1 Å². The van der Waals surface area contributed by atoms with Gasteiger partial charge in [0.2, 0.25) is 0 Å². The minimum absolute atomic E-state index is 0.466. The fraction of sp³-hybridized carbons (Fsp3) is 0.500. The fourth-order valence-electron chi connectivity index (χ4n) is 4.77. The minimum atomic E-state index is -0.466. The molecule has 3 N–H and O–H groups in total. The number of methoxy groups -OCH3 is 1. The Kier molecular flexibility index (Phi) is 7.79. The second-order valence-electron chi connectivity index (χ2n) is 9.16. The summed E-state index contributed by atoms with van der Waals surface area (Å²) in [6.45, 7) is 4.64. The van der Waals surface area contributed by atoms with Crippen LogP contribution in [0.4, 0.5) is 0 Å². The highest BCUT2D eigenvalue weighted by atomic mass is 16.5. The zero-order valence-electron chi connectivity index (χ0n) is 18.9. The number of carbonyl (C=O) groups excluding carboxylic acids is 1. The molecule has 2 aromatic rings. The third kappa shape index (κ3) is 6.09. The third-order valence-electron chi connectivity index (χ3n) is 6.97. The molecule has 1 saturated heterocycles. The third-order valence-corrected chi connectivity index (χ3v) is 6.97. The largest absolute Gasteiger partial charge is 0.497 e. The maximum Gasteiger partial charge on any atom is 0.274 e. The summed E-state index contributed by atoms with van der Waals surface area (Å²) in [5.41, 5.74) is 4.80. The topological polar surface area (TPSA) is 73.8 Å². The van der Waals surface area contributed by atoms with Crippen LogP contribution >= 0.6 is 0 Å². The van der Waals surface area contributed by atoms with Crippen LogP contribution in [-0.4, -0.2) is 55.3 Å². The van der Waals surface area contributed by atoms with E-state index in [0.29, 0.717) is 17.5 Å². The highest BCUT2D eigenvalue weighted by molar-refractivity contribution is 5.93. The van der Waals surface area contributed by atoms with Crippen molar-refractivity contribution in [2.24, 2.45) is 5.92 Å². The number of aryl methyl sites for hydroxylation is 1. The smallest absolute Gasteiger partial charge is 0.274 e. The van der Waals surface area contributed by atoms with E-state index in [4.69, 9.17) is 9.94 Å². The second-order valence-corrected chi connectivity index (χ2v) is 9.16. The standard InChI is InChI=1S/C26H35N3O3/c1-32-23-10-8-21(9-11-23)24-17-25(24)27-18-20-12-15-29(16-13-20)14-2-3-19-4-6-22(7-5-19)26(30)28-31/h4-11,20,24-25,27,31H,2-3,12-18H2,1H3,(H,28,30)/t24-,25+/m1/s1. The summed E-state index contributed by atoms with van der Waals surface area (Å²) < 4.78 is 5.25. The molecule has 4 rings (SSSR count). The molecule has 1 heterocycles. The minimum Gasteiger partial charge on any atom is -0.497 e. The van der Waals surface area contributed by atoms with Crippen molar-refractivity contribution in [3.8, 4) is 5.75 Å². The number of rotatable bonds is 10. The maximum absolute atomic E-state index is 11.4. The molecule has 0 aromatic heterocycles. The number of ether oxygens (including phenoxy) is 1. The van der Waals surface area contributed by atoms with Gasteiger partial charge in [0.25, 0.3) is 5.91 Å². The van der Waals surface area contributed by atoms with Gasteiger partial charge in [0.15, 0.2) is 0 Å². The normalized spacial score (nSPS) is 21.3. The molecule has 2 aliphatic rings. The molecule has 1 aliphatic carbocycles. The molecule has 2 fully saturated rings. The van der Waals surface area contributed by atoms with Crippen LogP contribution < -0.4 is 15.5 Å². The lowest BCUT2D eigenvalue weighted by atomic mass is 9.96. The zero-order chi connectivity index (χ0) is 22.3. The summed E-state index contributed by atoms with van der Waals surface area (Å²) in [5, 5.41) is 12.5. The van der Waals surface area contributed by atoms with Crippen LogP contribution in [-0.2, 0) is 6.42 Å². The summed E-state index contributed by atoms with van der Waals surface area (Å²) in [7, 11) is 1.71. The Bertz CT molecular complexity index is 861. The van der Waals surface area contributed by atoms with Crippen LogP contribution in [0.25, 0.3) is 0 Å². The maximum atomic E-state index is 11.4. The van der Waals surface area contributed by atoms with E-state index in [1.165, 1.54) is 43.5 Å². The Morgan fingerprint density at radius 1 is 1.09 bits per heavy atom. The van der Waals surface area contributed by atoms with Crippen LogP contribution in [0.15, 0.2) is 48.5 Å². The predicted molar refractivity (Wildman–Crippen MR) is 125 cm³/mol. The van der Waals surface area contributed by atoms with Crippen molar-refractivity contribution in [2.75, 3.05) is 33.3 Å². The van der Waals surface area contributed by atoms with Gasteiger partial charge in [0.1, 0.15) is 5.75 Å². The highest BCUT2D eigenvalue weighted by Crippen LogP contribution is 2.41. The number of nitrogens with one attached hydrogen (secondary N) is 2. The van der Waals surface area contributed by atoms with Crippen LogP contribution in [0.3, 0.4) is 0 Å². The van der Waals surface area contributed by atoms with Crippen LogP contribution in [0, 0.1) is 5.92 Å². The highest BCUT2D eigenvalue weighted by Gasteiger charge is 2.38. The molecule has 0 unspecified atom stereocenters. The Morgan fingerprint density at radius 2 is 1.81 bits per heavy atom. The van der Waals surface area contributed by atoms with E-state index >= 15 is 0 Å². The van der Waals surface area contributed by atoms with Gasteiger partial charge in [-0.3, -0.25) is 10.0 Å². The molecule has 0 spiro atoms. The van der Waals surface area contributed by atoms with Gasteiger partial charge in [0.05, 0.1) is 7.11 Å². The average Bonchev–Trinajstić information content (AvgIpc) is 3.63. The first kappa shape index (κ1) is 22.8. The molecule has 1 saturated carbocycles. The lowest BCUT2D eigenvalue weighted by molar-refractivity contribution is 0.0706. The van der Waals surface area contributed by atoms with Gasteiger partial charge in [-0.2, -0.15) is 0 Å². The first-order chi connectivity index (χ1) is 15.7. The molecular weight excluding hydrogens is 402 g/mol. The summed E-state index contributed by atoms with van der Waals surface area (Å²) in [6.07, 6.45) is 5.93. The SMILES string of the molecule is COc1ccc([C@H]2C[C@@H]2NCC2CCN(CCCc3ccc(C(=O)NO)cc3)CC2)cc1. The van der Waals surface area contributed by atoms with E-state index in [-0.39, 0.29) is 0 Å². The first-order valence-electron chi connectivity index (χ1n) is 11.8. The Morgan fingerprint density at radius 3 is 2.47 bits per heavy atom. The Labute approximate surface area is 190 Å². The van der Waals surface area contributed by atoms with Gasteiger partial charge < -0.3 is 15.0 Å². The quantitative estimate of drug-likeness (QED) is 0.391. The van der Waals surface area contributed by atoms with Gasteiger partial charge >= 0.3 is 0 Å².